The minimum absolute atomic E-state index is 0.0102. The number of benzene rings is 2. The van der Waals surface area contributed by atoms with E-state index in [9.17, 15) is 14.3 Å². The Balaban J connectivity index is 1.19. The maximum absolute atomic E-state index is 14.3. The van der Waals surface area contributed by atoms with Gasteiger partial charge < -0.3 is 19.1 Å². The van der Waals surface area contributed by atoms with E-state index in [4.69, 9.17) is 24.7 Å². The quantitative estimate of drug-likeness (QED) is 0.281. The van der Waals surface area contributed by atoms with Crippen LogP contribution >= 0.6 is 0 Å². The molecule has 2 aliphatic rings. The van der Waals surface area contributed by atoms with Crippen molar-refractivity contribution in [1.82, 2.24) is 19.4 Å². The standard InChI is InChI=1S/C33H32FN5O4/c1-20-3-8-31(43-19-24-5-4-22(15-35)13-27(24)34)37-32(20)26-9-11-38(16-21(26)2)18-30-36-28-7-6-23(33(40)41)14-29(28)39(30)17-25-10-12-42-25/h3-9,13-14,21,25H,10-12,16-19H2,1-2H3,(H,40,41). The van der Waals surface area contributed by atoms with Gasteiger partial charge in [-0.05, 0) is 60.7 Å². The largest absolute Gasteiger partial charge is 0.478 e. The molecule has 0 bridgehead atoms. The van der Waals surface area contributed by atoms with E-state index in [0.717, 1.165) is 53.3 Å². The number of aryl methyl sites for hydroxylation is 1. The second-order valence-electron chi connectivity index (χ2n) is 11.2. The first kappa shape index (κ1) is 28.5. The van der Waals surface area contributed by atoms with Gasteiger partial charge in [-0.15, -0.1) is 0 Å². The second kappa shape index (κ2) is 12.0. The molecule has 2 aliphatic heterocycles. The summed E-state index contributed by atoms with van der Waals surface area (Å²) < 4.78 is 28.0. The average Bonchev–Trinajstić information content (AvgIpc) is 3.31. The third-order valence-corrected chi connectivity index (χ3v) is 8.15. The second-order valence-corrected chi connectivity index (χ2v) is 11.2. The Hall–Kier alpha value is -4.59. The molecule has 9 nitrogen and oxygen atoms in total. The summed E-state index contributed by atoms with van der Waals surface area (Å²) in [5, 5.41) is 18.5. The van der Waals surface area contributed by atoms with Crippen molar-refractivity contribution in [3.63, 3.8) is 0 Å². The lowest BCUT2D eigenvalue weighted by molar-refractivity contribution is -0.0592. The van der Waals surface area contributed by atoms with E-state index in [1.165, 1.54) is 6.07 Å². The van der Waals surface area contributed by atoms with E-state index < -0.39 is 11.8 Å². The number of nitrogens with zero attached hydrogens (tertiary/aromatic N) is 5. The van der Waals surface area contributed by atoms with Gasteiger partial charge in [0.1, 0.15) is 18.2 Å². The minimum atomic E-state index is -0.960. The number of carbonyl (C=O) groups is 1. The van der Waals surface area contributed by atoms with Crippen molar-refractivity contribution in [2.45, 2.75) is 46.1 Å². The van der Waals surface area contributed by atoms with Gasteiger partial charge >= 0.3 is 5.97 Å². The number of rotatable bonds is 9. The smallest absolute Gasteiger partial charge is 0.335 e. The first-order valence-corrected chi connectivity index (χ1v) is 14.3. The summed E-state index contributed by atoms with van der Waals surface area (Å²) in [7, 11) is 0. The summed E-state index contributed by atoms with van der Waals surface area (Å²) in [6.45, 7) is 7.69. The molecule has 2 aromatic carbocycles. The molecule has 1 fully saturated rings. The number of imidazole rings is 1. The Morgan fingerprint density at radius 2 is 2.05 bits per heavy atom. The fourth-order valence-corrected chi connectivity index (χ4v) is 5.68. The molecule has 6 rings (SSSR count). The van der Waals surface area contributed by atoms with Crippen LogP contribution in [0.4, 0.5) is 4.39 Å². The SMILES string of the molecule is Cc1ccc(OCc2ccc(C#N)cc2F)nc1C1=CCN(Cc2nc3ccc(C(=O)O)cc3n2CC2CCO2)CC1C. The highest BCUT2D eigenvalue weighted by Gasteiger charge is 2.26. The predicted octanol–water partition coefficient (Wildman–Crippen LogP) is 5.35. The molecule has 2 aromatic heterocycles. The molecule has 4 aromatic rings. The van der Waals surface area contributed by atoms with Crippen LogP contribution < -0.4 is 4.74 Å². The van der Waals surface area contributed by atoms with Gasteiger partial charge in [-0.2, -0.15) is 5.26 Å². The summed E-state index contributed by atoms with van der Waals surface area (Å²) in [4.78, 5) is 23.6. The number of halogens is 1. The van der Waals surface area contributed by atoms with Crippen LogP contribution in [0.5, 0.6) is 5.88 Å². The lowest BCUT2D eigenvalue weighted by Gasteiger charge is -2.32. The van der Waals surface area contributed by atoms with Crippen molar-refractivity contribution in [2.75, 3.05) is 19.7 Å². The third-order valence-electron chi connectivity index (χ3n) is 8.15. The van der Waals surface area contributed by atoms with Gasteiger partial charge in [-0.25, -0.2) is 19.2 Å². The Bertz CT molecular complexity index is 1770. The molecule has 0 radical (unpaired) electrons. The molecule has 1 saturated heterocycles. The number of aromatic carboxylic acids is 1. The molecule has 0 aliphatic carbocycles. The number of nitriles is 1. The van der Waals surface area contributed by atoms with Crippen LogP contribution in [-0.4, -0.2) is 56.3 Å². The molecule has 0 saturated carbocycles. The van der Waals surface area contributed by atoms with Crippen molar-refractivity contribution >= 4 is 22.6 Å². The van der Waals surface area contributed by atoms with Crippen LogP contribution in [0, 0.1) is 30.0 Å². The first-order chi connectivity index (χ1) is 20.8. The zero-order chi connectivity index (χ0) is 30.1. The zero-order valence-electron chi connectivity index (χ0n) is 24.1. The Kier molecular flexibility index (Phi) is 7.93. The predicted molar refractivity (Wildman–Crippen MR) is 158 cm³/mol. The van der Waals surface area contributed by atoms with Gasteiger partial charge in [0.25, 0.3) is 0 Å². The van der Waals surface area contributed by atoms with E-state index in [2.05, 4.69) is 22.5 Å². The van der Waals surface area contributed by atoms with E-state index in [1.54, 1.807) is 36.4 Å². The van der Waals surface area contributed by atoms with Crippen LogP contribution in [0.1, 0.15) is 51.9 Å². The number of hydrogen-bond acceptors (Lipinski definition) is 7. The van der Waals surface area contributed by atoms with Gasteiger partial charge in [0, 0.05) is 31.3 Å². The van der Waals surface area contributed by atoms with Crippen molar-refractivity contribution in [3.8, 4) is 11.9 Å². The van der Waals surface area contributed by atoms with Crippen molar-refractivity contribution in [1.29, 1.82) is 5.26 Å². The first-order valence-electron chi connectivity index (χ1n) is 14.3. The van der Waals surface area contributed by atoms with Crippen molar-refractivity contribution in [2.24, 2.45) is 5.92 Å². The average molecular weight is 582 g/mol. The Morgan fingerprint density at radius 3 is 2.74 bits per heavy atom. The molecule has 0 amide bonds. The number of carboxylic acid groups (broad SMARTS) is 1. The van der Waals surface area contributed by atoms with Crippen LogP contribution in [0.25, 0.3) is 16.6 Å². The molecule has 10 heteroatoms. The molecular weight excluding hydrogens is 549 g/mol. The Labute approximate surface area is 248 Å². The van der Waals surface area contributed by atoms with Crippen LogP contribution in [0.3, 0.4) is 0 Å². The normalized spacial score (nSPS) is 18.6. The fraction of sp³-hybridized carbons (Fsp3) is 0.333. The monoisotopic (exact) mass is 581 g/mol. The summed E-state index contributed by atoms with van der Waals surface area (Å²) in [5.41, 5.74) is 5.47. The molecule has 2 atom stereocenters. The summed E-state index contributed by atoms with van der Waals surface area (Å²) >= 11 is 0. The zero-order valence-corrected chi connectivity index (χ0v) is 24.1. The van der Waals surface area contributed by atoms with Crippen LogP contribution in [0.15, 0.2) is 54.6 Å². The summed E-state index contributed by atoms with van der Waals surface area (Å²) in [6.07, 6.45) is 3.27. The number of pyridine rings is 1. The van der Waals surface area contributed by atoms with Gasteiger partial charge in [-0.1, -0.05) is 25.1 Å². The lowest BCUT2D eigenvalue weighted by atomic mass is 9.91. The van der Waals surface area contributed by atoms with Crippen molar-refractivity contribution in [3.05, 3.63) is 94.2 Å². The number of aromatic nitrogens is 3. The topological polar surface area (TPSA) is 114 Å². The minimum Gasteiger partial charge on any atom is -0.478 e. The number of hydrogen-bond donors (Lipinski definition) is 1. The van der Waals surface area contributed by atoms with E-state index in [-0.39, 0.29) is 29.8 Å². The maximum atomic E-state index is 14.3. The van der Waals surface area contributed by atoms with Gasteiger partial charge in [0.15, 0.2) is 0 Å². The molecule has 4 heterocycles. The number of fused-ring (bicyclic) bond motifs is 1. The van der Waals surface area contributed by atoms with Gasteiger partial charge in [0.05, 0.1) is 53.1 Å². The highest BCUT2D eigenvalue weighted by atomic mass is 19.1. The Morgan fingerprint density at radius 1 is 1.21 bits per heavy atom. The molecule has 2 unspecified atom stereocenters. The van der Waals surface area contributed by atoms with E-state index in [1.807, 2.05) is 19.1 Å². The molecule has 43 heavy (non-hydrogen) atoms. The number of ether oxygens (including phenoxy) is 2. The van der Waals surface area contributed by atoms with E-state index >= 15 is 0 Å². The van der Waals surface area contributed by atoms with Gasteiger partial charge in [0.2, 0.25) is 5.88 Å². The molecule has 220 valence electrons. The maximum Gasteiger partial charge on any atom is 0.335 e. The highest BCUT2D eigenvalue weighted by Crippen LogP contribution is 2.31. The third kappa shape index (κ3) is 6.00. The van der Waals surface area contributed by atoms with Crippen LogP contribution in [-0.2, 0) is 24.4 Å². The van der Waals surface area contributed by atoms with Gasteiger partial charge in [-0.3, -0.25) is 4.90 Å². The summed E-state index contributed by atoms with van der Waals surface area (Å²) in [6, 6.07) is 15.1. The van der Waals surface area contributed by atoms with Crippen molar-refractivity contribution < 1.29 is 23.8 Å². The van der Waals surface area contributed by atoms with Crippen LogP contribution in [0.2, 0.25) is 0 Å². The lowest BCUT2D eigenvalue weighted by Crippen LogP contribution is -2.35. The highest BCUT2D eigenvalue weighted by molar-refractivity contribution is 5.92. The number of carboxylic acids is 1. The fourth-order valence-electron chi connectivity index (χ4n) is 5.68. The molecular formula is C33H32FN5O4. The van der Waals surface area contributed by atoms with E-state index in [0.29, 0.717) is 31.1 Å². The summed E-state index contributed by atoms with van der Waals surface area (Å²) in [5.74, 6) is 0.0338. The molecule has 0 spiro atoms. The molecule has 1 N–H and O–H groups in total.